The van der Waals surface area contributed by atoms with Crippen molar-refractivity contribution in [1.82, 2.24) is 9.97 Å². The molecule has 1 N–H and O–H groups in total. The third kappa shape index (κ3) is 33.6. The van der Waals surface area contributed by atoms with Crippen LogP contribution in [0.4, 0.5) is 5.82 Å². The molecule has 0 aromatic carbocycles. The van der Waals surface area contributed by atoms with Crippen LogP contribution in [0, 0.1) is 18.8 Å². The summed E-state index contributed by atoms with van der Waals surface area (Å²) in [5.74, 6) is 2.31. The molecule has 0 radical (unpaired) electrons. The van der Waals surface area contributed by atoms with Crippen LogP contribution < -0.4 is 5.32 Å². The van der Waals surface area contributed by atoms with Gasteiger partial charge in [-0.25, -0.2) is 9.97 Å². The van der Waals surface area contributed by atoms with Crippen LogP contribution >= 0.6 is 0 Å². The second-order valence-electron chi connectivity index (χ2n) is 10.4. The number of aromatic nitrogens is 2. The maximum Gasteiger partial charge on any atom is 2.00 e. The van der Waals surface area contributed by atoms with Crippen molar-refractivity contribution >= 4 is 5.82 Å². The quantitative estimate of drug-likeness (QED) is 0.363. The van der Waals surface area contributed by atoms with Crippen molar-refractivity contribution in [2.45, 2.75) is 108 Å². The Hall–Kier alpha value is -0.432. The third-order valence-electron chi connectivity index (χ3n) is 1.94. The van der Waals surface area contributed by atoms with Gasteiger partial charge in [0.25, 0.3) is 0 Å². The van der Waals surface area contributed by atoms with Crippen molar-refractivity contribution in [2.75, 3.05) is 5.32 Å². The average molecular weight is 552 g/mol. The average Bonchev–Trinajstić information content (AvgIpc) is 2.22. The number of nitrogens with zero attached hydrogens (tertiary/aromatic N) is 2. The minimum Gasteiger partial charge on any atom is -0.365 e. The molecule has 0 saturated carbocycles. The number of anilines is 1. The van der Waals surface area contributed by atoms with E-state index in [1.807, 2.05) is 6.07 Å². The summed E-state index contributed by atoms with van der Waals surface area (Å²) in [4.78, 5) is 8.51. The number of nitrogens with one attached hydrogen (secondary N) is 1. The molecule has 0 aliphatic carbocycles. The van der Waals surface area contributed by atoms with E-state index in [0.717, 1.165) is 11.5 Å². The van der Waals surface area contributed by atoms with Crippen LogP contribution in [-0.4, -0.2) is 15.5 Å². The molecule has 0 spiro atoms. The van der Waals surface area contributed by atoms with E-state index in [-0.39, 0.29) is 46.9 Å². The second-order valence-corrected chi connectivity index (χ2v) is 10.4. The fourth-order valence-corrected chi connectivity index (χ4v) is 1.22. The number of rotatable bonds is 1. The van der Waals surface area contributed by atoms with Crippen LogP contribution in [0.25, 0.3) is 0 Å². The normalized spacial score (nSPS) is 10.6. The molecule has 0 unspecified atom stereocenters. The first kappa shape index (κ1) is 37.3. The Balaban J connectivity index is -0.000000115. The summed E-state index contributed by atoms with van der Waals surface area (Å²) in [6, 6.07) is 2.02. The molecule has 1 aromatic rings. The first-order chi connectivity index (χ1) is 10.4. The molecule has 4 heteroatoms. The molecule has 0 fully saturated rings. The van der Waals surface area contributed by atoms with Crippen LogP contribution in [0.2, 0.25) is 0 Å². The van der Waals surface area contributed by atoms with Crippen molar-refractivity contribution in [1.29, 1.82) is 0 Å². The minimum atomic E-state index is 0. The van der Waals surface area contributed by atoms with Gasteiger partial charge in [0.2, 0.25) is 0 Å². The maximum atomic E-state index is 4.29. The van der Waals surface area contributed by atoms with E-state index < -0.39 is 0 Å². The van der Waals surface area contributed by atoms with Gasteiger partial charge in [0.05, 0.1) is 5.69 Å². The summed E-state index contributed by atoms with van der Waals surface area (Å²) in [6.07, 6.45) is 1.62. The van der Waals surface area contributed by atoms with Gasteiger partial charge >= 0.3 is 21.1 Å². The van der Waals surface area contributed by atoms with Crippen LogP contribution in [0.5, 0.6) is 0 Å². The van der Waals surface area contributed by atoms with E-state index in [0.29, 0.717) is 5.41 Å². The van der Waals surface area contributed by atoms with E-state index in [1.54, 1.807) is 6.33 Å². The molecule has 3 nitrogen and oxygen atoms in total. The Kier molecular flexibility index (Phi) is 21.4. The van der Waals surface area contributed by atoms with Gasteiger partial charge in [0.1, 0.15) is 12.1 Å². The maximum absolute atomic E-state index is 4.29. The minimum absolute atomic E-state index is 0. The summed E-state index contributed by atoms with van der Waals surface area (Å²) in [5.41, 5.74) is 1.66. The van der Waals surface area contributed by atoms with Crippen molar-refractivity contribution in [3.8, 4) is 0 Å². The van der Waals surface area contributed by atoms with E-state index in [4.69, 9.17) is 0 Å². The molecule has 0 aliphatic rings. The molecule has 0 aliphatic heterocycles. The summed E-state index contributed by atoms with van der Waals surface area (Å²) < 4.78 is 0. The summed E-state index contributed by atoms with van der Waals surface area (Å²) >= 11 is 0. The Morgan fingerprint density at radius 1 is 0.815 bits per heavy atom. The summed E-state index contributed by atoms with van der Waals surface area (Å²) in [7, 11) is 0. The van der Waals surface area contributed by atoms with Gasteiger partial charge in [-0.2, -0.15) is 20.8 Å². The molecule has 1 rings (SSSR count). The Morgan fingerprint density at radius 3 is 1.41 bits per heavy atom. The Labute approximate surface area is 187 Å². The zero-order valence-electron chi connectivity index (χ0n) is 20.0. The molecule has 0 bridgehead atoms. The van der Waals surface area contributed by atoms with Crippen molar-refractivity contribution in [3.63, 3.8) is 0 Å². The molecule has 0 saturated heterocycles. The fourth-order valence-electron chi connectivity index (χ4n) is 1.22. The van der Waals surface area contributed by atoms with Crippen molar-refractivity contribution in [2.24, 2.45) is 5.41 Å². The van der Waals surface area contributed by atoms with Gasteiger partial charge in [-0.1, -0.05) is 55.9 Å². The van der Waals surface area contributed by atoms with E-state index in [1.165, 1.54) is 5.92 Å². The molecule has 27 heavy (non-hydrogen) atoms. The predicted molar refractivity (Wildman–Crippen MR) is 123 cm³/mol. The smallest absolute Gasteiger partial charge is 0.365 e. The van der Waals surface area contributed by atoms with Crippen molar-refractivity contribution < 1.29 is 21.1 Å². The van der Waals surface area contributed by atoms with Gasteiger partial charge in [0, 0.05) is 17.0 Å². The number of hydrogen-bond acceptors (Lipinski definition) is 3. The van der Waals surface area contributed by atoms with E-state index in [2.05, 4.69) is 105 Å². The largest absolute Gasteiger partial charge is 2.00 e. The van der Waals surface area contributed by atoms with E-state index in [9.17, 15) is 0 Å². The van der Waals surface area contributed by atoms with Crippen molar-refractivity contribution in [3.05, 3.63) is 31.4 Å². The SMILES string of the molecule is C.CC(C)(C)C.CC(C)(C)Nc1cc(C(C)(C)C)ncn1.C[C-](C)C.[CH3-].[W+2]. The van der Waals surface area contributed by atoms with Gasteiger partial charge in [0.15, 0.2) is 0 Å². The molecular weight excluding hydrogens is 502 g/mol. The molecule has 162 valence electrons. The van der Waals surface area contributed by atoms with Gasteiger partial charge in [-0.05, 0) is 26.2 Å². The molecule has 0 atom stereocenters. The Morgan fingerprint density at radius 2 is 1.15 bits per heavy atom. The zero-order valence-corrected chi connectivity index (χ0v) is 22.9. The van der Waals surface area contributed by atoms with Crippen LogP contribution in [0.3, 0.4) is 0 Å². The standard InChI is InChI=1S/C12H21N3.C5H12.C4H9.CH4.CH3.W/c1-11(2,3)9-7-10(14-8-13-9)15-12(4,5)6;1-5(2,3)4;1-4(2)3;;;/h7-8H,1-6H3,(H,13,14,15);1-4H3;1-3H3;1H4;1H3;/q;;-1;;-1;+2. The molecule has 1 heterocycles. The Bertz CT molecular complexity index is 441. The van der Waals surface area contributed by atoms with Crippen LogP contribution in [0.1, 0.15) is 103 Å². The predicted octanol–water partition coefficient (Wildman–Crippen LogP) is 7.74. The van der Waals surface area contributed by atoms with Crippen LogP contribution in [0.15, 0.2) is 12.4 Å². The van der Waals surface area contributed by atoms with Crippen LogP contribution in [-0.2, 0) is 26.5 Å². The summed E-state index contributed by atoms with van der Waals surface area (Å²) in [6.45, 7) is 27.8. The monoisotopic (exact) mass is 551 g/mol. The second kappa shape index (κ2) is 15.5. The van der Waals surface area contributed by atoms with Gasteiger partial charge in [-0.15, -0.1) is 0 Å². The molecule has 0 amide bonds. The molecular formula is C23H49N3W. The number of hydrogen-bond donors (Lipinski definition) is 1. The first-order valence-electron chi connectivity index (χ1n) is 8.79. The topological polar surface area (TPSA) is 37.8 Å². The van der Waals surface area contributed by atoms with Gasteiger partial charge in [-0.3, -0.25) is 0 Å². The van der Waals surface area contributed by atoms with E-state index >= 15 is 0 Å². The molecule has 1 aromatic heterocycles. The van der Waals surface area contributed by atoms with Gasteiger partial charge < -0.3 is 18.7 Å². The first-order valence-corrected chi connectivity index (χ1v) is 8.79. The zero-order chi connectivity index (χ0) is 19.8. The summed E-state index contributed by atoms with van der Waals surface area (Å²) in [5, 5.41) is 3.34. The third-order valence-corrected chi connectivity index (χ3v) is 1.94. The fraction of sp³-hybridized carbons (Fsp3) is 0.739.